The van der Waals surface area contributed by atoms with Gasteiger partial charge in [0.1, 0.15) is 18.2 Å². The molecule has 0 aliphatic rings. The van der Waals surface area contributed by atoms with Gasteiger partial charge in [-0.25, -0.2) is 0 Å². The van der Waals surface area contributed by atoms with Gasteiger partial charge in [-0.1, -0.05) is 0 Å². The topological polar surface area (TPSA) is 153 Å². The van der Waals surface area contributed by atoms with E-state index in [1.807, 2.05) is 0 Å². The molecule has 1 amide bonds. The van der Waals surface area contributed by atoms with Gasteiger partial charge in [-0.2, -0.15) is 0 Å². The summed E-state index contributed by atoms with van der Waals surface area (Å²) in [4.78, 5) is 55.0. The Hall–Kier alpha value is -2.29. The molecule has 124 valence electrons. The molecule has 0 unspecified atom stereocenters. The fourth-order valence-electron chi connectivity index (χ4n) is 1.41. The predicted octanol–water partition coefficient (Wildman–Crippen LogP) is -0.876. The molecule has 0 aromatic carbocycles. The third kappa shape index (κ3) is 10.5. The molecule has 0 saturated carbocycles. The Morgan fingerprint density at radius 1 is 1.14 bits per heavy atom. The van der Waals surface area contributed by atoms with E-state index in [1.165, 1.54) is 6.92 Å². The first-order valence-electron chi connectivity index (χ1n) is 6.70. The van der Waals surface area contributed by atoms with Crippen LogP contribution in [0.15, 0.2) is 0 Å². The number of carbonyl (C=O) groups is 5. The Kier molecular flexibility index (Phi) is 9.35. The molecule has 0 aromatic heterocycles. The van der Waals surface area contributed by atoms with Crippen LogP contribution in [0.5, 0.6) is 0 Å². The summed E-state index contributed by atoms with van der Waals surface area (Å²) in [6.45, 7) is 1.67. The monoisotopic (exact) mass is 316 g/mol. The van der Waals surface area contributed by atoms with Crippen LogP contribution in [-0.4, -0.2) is 47.3 Å². The smallest absolute Gasteiger partial charge is 0.320 e. The van der Waals surface area contributed by atoms with Gasteiger partial charge in [-0.05, 0) is 12.8 Å². The van der Waals surface area contributed by atoms with Crippen LogP contribution in [0.3, 0.4) is 0 Å². The van der Waals surface area contributed by atoms with E-state index in [0.717, 1.165) is 0 Å². The normalized spacial score (nSPS) is 11.4. The van der Waals surface area contributed by atoms with Gasteiger partial charge >= 0.3 is 17.9 Å². The van der Waals surface area contributed by atoms with Gasteiger partial charge in [-0.3, -0.25) is 24.0 Å². The third-order valence-electron chi connectivity index (χ3n) is 2.55. The molecule has 0 fully saturated rings. The number of Topliss-reactive ketones (excluding diaryl/α,β-unsaturated/α-hetero) is 1. The van der Waals surface area contributed by atoms with Gasteiger partial charge in [0.05, 0.1) is 0 Å². The molecule has 0 aromatic rings. The summed E-state index contributed by atoms with van der Waals surface area (Å²) in [5.41, 5.74) is 5.19. The Bertz CT molecular complexity index is 448. The molecule has 0 aliphatic carbocycles. The number of carboxylic acids is 1. The zero-order chi connectivity index (χ0) is 17.1. The van der Waals surface area contributed by atoms with Crippen molar-refractivity contribution in [3.63, 3.8) is 0 Å². The van der Waals surface area contributed by atoms with Gasteiger partial charge in [0.2, 0.25) is 5.91 Å². The molecule has 1 atom stereocenters. The molecule has 22 heavy (non-hydrogen) atoms. The van der Waals surface area contributed by atoms with Crippen molar-refractivity contribution in [3.05, 3.63) is 0 Å². The lowest BCUT2D eigenvalue weighted by atomic mass is 10.1. The van der Waals surface area contributed by atoms with E-state index in [9.17, 15) is 24.0 Å². The Labute approximate surface area is 127 Å². The first-order chi connectivity index (χ1) is 10.2. The quantitative estimate of drug-likeness (QED) is 0.267. The van der Waals surface area contributed by atoms with Gasteiger partial charge in [0.25, 0.3) is 0 Å². The second-order valence-corrected chi connectivity index (χ2v) is 4.63. The SMILES string of the molecule is CC(=O)NCCCC(=O)CC(=O)OC(=O)CC[C@@H](N)C(=O)O. The summed E-state index contributed by atoms with van der Waals surface area (Å²) in [5, 5.41) is 11.0. The van der Waals surface area contributed by atoms with Gasteiger partial charge < -0.3 is 20.9 Å². The number of aliphatic carboxylic acids is 1. The van der Waals surface area contributed by atoms with Crippen molar-refractivity contribution in [2.24, 2.45) is 5.73 Å². The maximum absolute atomic E-state index is 11.4. The van der Waals surface area contributed by atoms with Crippen LogP contribution in [0.4, 0.5) is 0 Å². The van der Waals surface area contributed by atoms with E-state index >= 15 is 0 Å². The highest BCUT2D eigenvalue weighted by Gasteiger charge is 2.18. The predicted molar refractivity (Wildman–Crippen MR) is 73.5 cm³/mol. The number of hydrogen-bond donors (Lipinski definition) is 3. The van der Waals surface area contributed by atoms with Crippen molar-refractivity contribution in [1.29, 1.82) is 0 Å². The van der Waals surface area contributed by atoms with Crippen molar-refractivity contribution in [2.45, 2.75) is 45.1 Å². The molecule has 0 aliphatic heterocycles. The van der Waals surface area contributed by atoms with Crippen molar-refractivity contribution in [2.75, 3.05) is 6.54 Å². The molecule has 0 heterocycles. The zero-order valence-corrected chi connectivity index (χ0v) is 12.3. The van der Waals surface area contributed by atoms with Crippen molar-refractivity contribution in [3.8, 4) is 0 Å². The summed E-state index contributed by atoms with van der Waals surface area (Å²) < 4.78 is 4.38. The number of ketones is 1. The van der Waals surface area contributed by atoms with Crippen molar-refractivity contribution in [1.82, 2.24) is 5.32 Å². The third-order valence-corrected chi connectivity index (χ3v) is 2.55. The second kappa shape index (κ2) is 10.4. The van der Waals surface area contributed by atoms with Crippen LogP contribution < -0.4 is 11.1 Å². The molecular formula is C13H20N2O7. The summed E-state index contributed by atoms with van der Waals surface area (Å²) in [6, 6.07) is -1.21. The molecule has 0 radical (unpaired) electrons. The molecule has 0 spiro atoms. The van der Waals surface area contributed by atoms with Crippen LogP contribution in [-0.2, 0) is 28.7 Å². The average molecular weight is 316 g/mol. The number of amides is 1. The Morgan fingerprint density at radius 3 is 2.32 bits per heavy atom. The van der Waals surface area contributed by atoms with Crippen molar-refractivity contribution >= 4 is 29.6 Å². The van der Waals surface area contributed by atoms with Crippen molar-refractivity contribution < 1.29 is 33.8 Å². The van der Waals surface area contributed by atoms with E-state index in [-0.39, 0.29) is 25.2 Å². The zero-order valence-electron chi connectivity index (χ0n) is 12.3. The average Bonchev–Trinajstić information content (AvgIpc) is 2.40. The van der Waals surface area contributed by atoms with E-state index in [1.54, 1.807) is 0 Å². The standard InChI is InChI=1S/C13H20N2O7/c1-8(16)15-6-2-3-9(17)7-12(19)22-11(18)5-4-10(14)13(20)21/h10H,2-7,14H2,1H3,(H,15,16)(H,20,21)/t10-/m1/s1. The number of carbonyl (C=O) groups excluding carboxylic acids is 4. The summed E-state index contributed by atoms with van der Waals surface area (Å²) in [7, 11) is 0. The molecule has 0 bridgehead atoms. The Balaban J connectivity index is 3.87. The van der Waals surface area contributed by atoms with E-state index < -0.39 is 36.2 Å². The lowest BCUT2D eigenvalue weighted by molar-refractivity contribution is -0.160. The summed E-state index contributed by atoms with van der Waals surface area (Å²) >= 11 is 0. The largest absolute Gasteiger partial charge is 0.480 e. The minimum atomic E-state index is -1.26. The minimum absolute atomic E-state index is 0.0768. The number of nitrogens with two attached hydrogens (primary N) is 1. The number of carboxylic acid groups (broad SMARTS) is 1. The first kappa shape index (κ1) is 19.7. The number of nitrogens with one attached hydrogen (secondary N) is 1. The van der Waals surface area contributed by atoms with Gasteiger partial charge in [0.15, 0.2) is 0 Å². The highest BCUT2D eigenvalue weighted by Crippen LogP contribution is 2.01. The maximum Gasteiger partial charge on any atom is 0.320 e. The molecule has 9 heteroatoms. The lowest BCUT2D eigenvalue weighted by Crippen LogP contribution is -2.31. The second-order valence-electron chi connectivity index (χ2n) is 4.63. The molecule has 0 rings (SSSR count). The van der Waals surface area contributed by atoms with E-state index in [4.69, 9.17) is 10.8 Å². The molecule has 0 saturated heterocycles. The number of ether oxygens (including phenoxy) is 1. The number of esters is 2. The van der Waals surface area contributed by atoms with Crippen LogP contribution in [0.25, 0.3) is 0 Å². The number of rotatable bonds is 10. The summed E-state index contributed by atoms with van der Waals surface area (Å²) in [6.07, 6.45) is -0.570. The minimum Gasteiger partial charge on any atom is -0.480 e. The lowest BCUT2D eigenvalue weighted by Gasteiger charge is -2.06. The van der Waals surface area contributed by atoms with Crippen LogP contribution in [0.1, 0.15) is 39.0 Å². The van der Waals surface area contributed by atoms with Crippen LogP contribution in [0.2, 0.25) is 0 Å². The fourth-order valence-corrected chi connectivity index (χ4v) is 1.41. The number of hydrogen-bond acceptors (Lipinski definition) is 7. The molecule has 9 nitrogen and oxygen atoms in total. The van der Waals surface area contributed by atoms with E-state index in [2.05, 4.69) is 10.1 Å². The van der Waals surface area contributed by atoms with Crippen LogP contribution >= 0.6 is 0 Å². The fraction of sp³-hybridized carbons (Fsp3) is 0.615. The highest BCUT2D eigenvalue weighted by molar-refractivity contribution is 5.99. The first-order valence-corrected chi connectivity index (χ1v) is 6.70. The Morgan fingerprint density at radius 2 is 1.77 bits per heavy atom. The van der Waals surface area contributed by atoms with E-state index in [0.29, 0.717) is 13.0 Å². The van der Waals surface area contributed by atoms with Gasteiger partial charge in [-0.15, -0.1) is 0 Å². The molecule has 4 N–H and O–H groups in total. The maximum atomic E-state index is 11.4. The van der Waals surface area contributed by atoms with Gasteiger partial charge in [0, 0.05) is 26.3 Å². The highest BCUT2D eigenvalue weighted by atomic mass is 16.6. The molecular weight excluding hydrogens is 296 g/mol. The summed E-state index contributed by atoms with van der Waals surface area (Å²) in [5.74, 6) is -3.79. The van der Waals surface area contributed by atoms with Crippen LogP contribution in [0, 0.1) is 0 Å².